The second-order valence-electron chi connectivity index (χ2n) is 7.63. The van der Waals surface area contributed by atoms with E-state index < -0.39 is 9.52 Å². The number of rotatable bonds is 5. The number of nitrogens with zero attached hydrogens (tertiary/aromatic N) is 3. The Hall–Kier alpha value is -3.40. The van der Waals surface area contributed by atoms with Crippen molar-refractivity contribution in [2.75, 3.05) is 5.32 Å². The number of aromatic amines is 1. The second kappa shape index (κ2) is 9.09. The van der Waals surface area contributed by atoms with Crippen molar-refractivity contribution in [3.63, 3.8) is 0 Å². The average Bonchev–Trinajstić information content (AvgIpc) is 3.36. The molecule has 1 aliphatic rings. The number of thioether (sulfide) groups is 1. The van der Waals surface area contributed by atoms with Crippen molar-refractivity contribution in [1.29, 1.82) is 0 Å². The first kappa shape index (κ1) is 22.4. The number of anilines is 1. The Morgan fingerprint density at radius 3 is 2.62 bits per heavy atom. The summed E-state index contributed by atoms with van der Waals surface area (Å²) in [6, 6.07) is 20.2. The third-order valence-electron chi connectivity index (χ3n) is 5.23. The Morgan fingerprint density at radius 2 is 1.88 bits per heavy atom. The number of amides is 1. The third-order valence-corrected chi connectivity index (χ3v) is 8.59. The fraction of sp³-hybridized carbons (Fsp3) is 0.0417. The zero-order chi connectivity index (χ0) is 23.7. The van der Waals surface area contributed by atoms with Crippen molar-refractivity contribution in [3.05, 3.63) is 87.8 Å². The maximum atomic E-state index is 13.4. The van der Waals surface area contributed by atoms with Crippen molar-refractivity contribution in [1.82, 2.24) is 20.6 Å². The van der Waals surface area contributed by atoms with E-state index in [-0.39, 0.29) is 11.7 Å². The van der Waals surface area contributed by atoms with Crippen molar-refractivity contribution in [3.8, 4) is 11.4 Å². The van der Waals surface area contributed by atoms with Gasteiger partial charge in [-0.3, -0.25) is 9.00 Å². The standard InChI is InChI=1S/C24H18ClN5O2S2/c1-34(32,14-17-4-2-3-5-19(17)25)18-10-11-21-20(13-18)26-24(31)22(33-21)12-15-6-8-16(9-7-15)23-27-29-30-28-23/h2-13H,1,14H2,(H,26,31)(H,27,28,29,30)/b22-12-. The molecule has 2 N–H and O–H groups in total. The molecule has 3 aromatic carbocycles. The molecule has 10 heteroatoms. The molecular formula is C24H18ClN5O2S2. The molecular weight excluding hydrogens is 490 g/mol. The predicted octanol–water partition coefficient (Wildman–Crippen LogP) is 4.88. The van der Waals surface area contributed by atoms with Gasteiger partial charge in [0.1, 0.15) is 0 Å². The van der Waals surface area contributed by atoms with E-state index in [1.54, 1.807) is 18.2 Å². The lowest BCUT2D eigenvalue weighted by Gasteiger charge is -2.20. The van der Waals surface area contributed by atoms with Crippen molar-refractivity contribution in [2.45, 2.75) is 15.5 Å². The Bertz CT molecular complexity index is 1520. The number of halogens is 1. The molecule has 1 atom stereocenters. The Balaban J connectivity index is 1.37. The summed E-state index contributed by atoms with van der Waals surface area (Å²) in [5.74, 6) is 4.47. The number of hydrogen-bond donors (Lipinski definition) is 2. The van der Waals surface area contributed by atoms with Gasteiger partial charge in [0.05, 0.1) is 10.6 Å². The van der Waals surface area contributed by atoms with Gasteiger partial charge in [0.2, 0.25) is 5.82 Å². The summed E-state index contributed by atoms with van der Waals surface area (Å²) in [6.07, 6.45) is 1.82. The van der Waals surface area contributed by atoms with Crippen LogP contribution >= 0.6 is 23.4 Å². The van der Waals surface area contributed by atoms with Crippen LogP contribution in [0.3, 0.4) is 0 Å². The molecule has 0 fully saturated rings. The van der Waals surface area contributed by atoms with Crippen LogP contribution < -0.4 is 5.32 Å². The van der Waals surface area contributed by atoms with E-state index in [9.17, 15) is 9.00 Å². The summed E-state index contributed by atoms with van der Waals surface area (Å²) >= 11 is 7.60. The number of aromatic nitrogens is 4. The van der Waals surface area contributed by atoms with Gasteiger partial charge in [0, 0.05) is 35.7 Å². The lowest BCUT2D eigenvalue weighted by Crippen LogP contribution is -2.18. The maximum absolute atomic E-state index is 13.4. The van der Waals surface area contributed by atoms with Gasteiger partial charge in [-0.1, -0.05) is 65.8 Å². The van der Waals surface area contributed by atoms with E-state index >= 15 is 0 Å². The lowest BCUT2D eigenvalue weighted by atomic mass is 10.1. The van der Waals surface area contributed by atoms with Gasteiger partial charge in [-0.15, -0.1) is 10.2 Å². The number of hydrogen-bond acceptors (Lipinski definition) is 6. The molecule has 2 heterocycles. The minimum absolute atomic E-state index is 0.220. The molecule has 0 bridgehead atoms. The van der Waals surface area contributed by atoms with Crippen LogP contribution in [0.5, 0.6) is 0 Å². The van der Waals surface area contributed by atoms with Crippen molar-refractivity contribution < 1.29 is 9.00 Å². The van der Waals surface area contributed by atoms with Crippen LogP contribution in [0.15, 0.2) is 81.4 Å². The van der Waals surface area contributed by atoms with Crippen LogP contribution in [0.1, 0.15) is 11.1 Å². The molecule has 0 aliphatic carbocycles. The van der Waals surface area contributed by atoms with Gasteiger partial charge in [-0.05, 0) is 52.6 Å². The van der Waals surface area contributed by atoms with Crippen LogP contribution in [0.25, 0.3) is 17.5 Å². The van der Waals surface area contributed by atoms with Gasteiger partial charge in [-0.25, -0.2) is 0 Å². The highest BCUT2D eigenvalue weighted by atomic mass is 35.5. The number of tetrazole rings is 1. The fourth-order valence-electron chi connectivity index (χ4n) is 3.48. The van der Waals surface area contributed by atoms with Crippen LogP contribution in [0, 0.1) is 0 Å². The maximum Gasteiger partial charge on any atom is 0.262 e. The number of H-pyrrole nitrogens is 1. The normalized spacial score (nSPS) is 16.0. The minimum Gasteiger partial charge on any atom is -0.320 e. The number of nitrogens with one attached hydrogen (secondary N) is 2. The number of carbonyl (C=O) groups is 1. The lowest BCUT2D eigenvalue weighted by molar-refractivity contribution is -0.112. The summed E-state index contributed by atoms with van der Waals surface area (Å²) in [5.41, 5.74) is 3.08. The first-order valence-electron chi connectivity index (χ1n) is 10.2. The molecule has 1 aliphatic heterocycles. The molecule has 170 valence electrons. The summed E-state index contributed by atoms with van der Waals surface area (Å²) in [6.45, 7) is 0. The van der Waals surface area contributed by atoms with Gasteiger partial charge in [-0.2, -0.15) is 5.21 Å². The van der Waals surface area contributed by atoms with E-state index in [2.05, 4.69) is 31.8 Å². The molecule has 0 saturated heterocycles. The third kappa shape index (κ3) is 4.63. The smallest absolute Gasteiger partial charge is 0.262 e. The van der Waals surface area contributed by atoms with E-state index in [4.69, 9.17) is 11.6 Å². The van der Waals surface area contributed by atoms with Crippen molar-refractivity contribution >= 4 is 56.4 Å². The van der Waals surface area contributed by atoms with Crippen LogP contribution in [-0.4, -0.2) is 36.6 Å². The highest BCUT2D eigenvalue weighted by molar-refractivity contribution is 8.04. The molecule has 0 saturated carbocycles. The zero-order valence-corrected chi connectivity index (χ0v) is 20.1. The van der Waals surface area contributed by atoms with Crippen LogP contribution in [0.2, 0.25) is 5.02 Å². The molecule has 5 rings (SSSR count). The quantitative estimate of drug-likeness (QED) is 0.295. The number of benzene rings is 3. The first-order chi connectivity index (χ1) is 16.4. The highest BCUT2D eigenvalue weighted by Crippen LogP contribution is 2.40. The summed E-state index contributed by atoms with van der Waals surface area (Å²) in [4.78, 5) is 14.8. The Kier molecular flexibility index (Phi) is 5.99. The number of carbonyl (C=O) groups excluding carboxylic acids is 1. The van der Waals surface area contributed by atoms with Gasteiger partial charge >= 0.3 is 0 Å². The van der Waals surface area contributed by atoms with Gasteiger partial charge in [0.25, 0.3) is 5.91 Å². The van der Waals surface area contributed by atoms with Gasteiger partial charge in [0.15, 0.2) is 0 Å². The number of fused-ring (bicyclic) bond motifs is 1. The molecule has 4 aromatic rings. The van der Waals surface area contributed by atoms with Gasteiger partial charge < -0.3 is 5.32 Å². The summed E-state index contributed by atoms with van der Waals surface area (Å²) in [5, 5.41) is 17.4. The predicted molar refractivity (Wildman–Crippen MR) is 137 cm³/mol. The summed E-state index contributed by atoms with van der Waals surface area (Å²) in [7, 11) is -2.65. The Morgan fingerprint density at radius 1 is 1.09 bits per heavy atom. The zero-order valence-electron chi connectivity index (χ0n) is 17.7. The molecule has 1 amide bonds. The molecule has 1 unspecified atom stereocenters. The Labute approximate surface area is 205 Å². The van der Waals surface area contributed by atoms with Crippen LogP contribution in [-0.2, 0) is 20.1 Å². The second-order valence-corrected chi connectivity index (χ2v) is 11.5. The first-order valence-corrected chi connectivity index (χ1v) is 13.3. The molecule has 1 aromatic heterocycles. The molecule has 0 radical (unpaired) electrons. The minimum atomic E-state index is -2.65. The van der Waals surface area contributed by atoms with E-state index in [1.165, 1.54) is 11.8 Å². The molecule has 34 heavy (non-hydrogen) atoms. The highest BCUT2D eigenvalue weighted by Gasteiger charge is 2.23. The summed E-state index contributed by atoms with van der Waals surface area (Å²) < 4.78 is 13.4. The largest absolute Gasteiger partial charge is 0.320 e. The van der Waals surface area contributed by atoms with Crippen molar-refractivity contribution in [2.24, 2.45) is 0 Å². The van der Waals surface area contributed by atoms with E-state index in [0.29, 0.717) is 26.3 Å². The topological polar surface area (TPSA) is 101 Å². The van der Waals surface area contributed by atoms with Crippen LogP contribution in [0.4, 0.5) is 5.69 Å². The fourth-order valence-corrected chi connectivity index (χ4v) is 6.27. The average molecular weight is 508 g/mol. The SMILES string of the molecule is C=S(=O)(Cc1ccccc1Cl)c1ccc2c(c1)NC(=O)/C(=C/c1ccc(-c3nn[nH]n3)cc1)S2. The monoisotopic (exact) mass is 507 g/mol. The van der Waals surface area contributed by atoms with E-state index in [0.717, 1.165) is 21.6 Å². The van der Waals surface area contributed by atoms with E-state index in [1.807, 2.05) is 54.6 Å². The molecule has 0 spiro atoms. The molecule has 7 nitrogen and oxygen atoms in total.